The number of benzene rings is 3. The lowest BCUT2D eigenvalue weighted by atomic mass is 10.1. The first kappa shape index (κ1) is 31.6. The fourth-order valence-electron chi connectivity index (χ4n) is 4.16. The number of hydrogen-bond donors (Lipinski definition) is 1. The van der Waals surface area contributed by atoms with Crippen molar-refractivity contribution in [3.8, 4) is 5.75 Å². The molecule has 0 unspecified atom stereocenters. The summed E-state index contributed by atoms with van der Waals surface area (Å²) in [6, 6.07) is 19.4. The Labute approximate surface area is 242 Å². The molecule has 8 nitrogen and oxygen atoms in total. The molecule has 0 radical (unpaired) electrons. The number of hydrogen-bond acceptors (Lipinski definition) is 5. The van der Waals surface area contributed by atoms with Crippen LogP contribution in [0.1, 0.15) is 33.3 Å². The molecule has 1 atom stereocenters. The number of amides is 2. The summed E-state index contributed by atoms with van der Waals surface area (Å²) in [6.45, 7) is 7.92. The number of anilines is 1. The third-order valence-electron chi connectivity index (χ3n) is 6.45. The Hall–Kier alpha value is -3.92. The van der Waals surface area contributed by atoms with Crippen LogP contribution in [0.4, 0.5) is 10.1 Å². The van der Waals surface area contributed by atoms with E-state index in [2.05, 4.69) is 5.32 Å². The third kappa shape index (κ3) is 8.78. The molecule has 3 aromatic carbocycles. The highest BCUT2D eigenvalue weighted by molar-refractivity contribution is 7.92. The molecule has 0 saturated carbocycles. The van der Waals surface area contributed by atoms with Crippen molar-refractivity contribution in [2.24, 2.45) is 5.92 Å². The van der Waals surface area contributed by atoms with Gasteiger partial charge in [0, 0.05) is 13.1 Å². The van der Waals surface area contributed by atoms with Gasteiger partial charge >= 0.3 is 0 Å². The van der Waals surface area contributed by atoms with Gasteiger partial charge in [0.1, 0.15) is 24.2 Å². The van der Waals surface area contributed by atoms with Gasteiger partial charge in [-0.25, -0.2) is 12.8 Å². The summed E-state index contributed by atoms with van der Waals surface area (Å²) in [4.78, 5) is 28.2. The van der Waals surface area contributed by atoms with Crippen LogP contribution in [0.25, 0.3) is 0 Å². The van der Waals surface area contributed by atoms with Crippen LogP contribution in [-0.2, 0) is 26.0 Å². The number of ether oxygens (including phenoxy) is 1. The molecule has 0 aliphatic rings. The van der Waals surface area contributed by atoms with Crippen LogP contribution in [0.15, 0.2) is 83.8 Å². The zero-order valence-electron chi connectivity index (χ0n) is 23.9. The molecule has 3 aromatic rings. The molecule has 0 fully saturated rings. The van der Waals surface area contributed by atoms with Crippen molar-refractivity contribution in [3.63, 3.8) is 0 Å². The minimum atomic E-state index is -4.28. The van der Waals surface area contributed by atoms with Crippen molar-refractivity contribution < 1.29 is 27.1 Å². The molecule has 220 valence electrons. The van der Waals surface area contributed by atoms with Crippen molar-refractivity contribution in [3.05, 3.63) is 90.2 Å². The Morgan fingerprint density at radius 1 is 0.927 bits per heavy atom. The summed E-state index contributed by atoms with van der Waals surface area (Å²) in [5.41, 5.74) is 1.20. The Balaban J connectivity index is 1.97. The van der Waals surface area contributed by atoms with Gasteiger partial charge in [0.2, 0.25) is 11.8 Å². The van der Waals surface area contributed by atoms with Crippen molar-refractivity contribution in [1.82, 2.24) is 10.2 Å². The highest BCUT2D eigenvalue weighted by Gasteiger charge is 2.32. The molecule has 1 N–H and O–H groups in total. The Morgan fingerprint density at radius 2 is 1.56 bits per heavy atom. The second kappa shape index (κ2) is 14.6. The van der Waals surface area contributed by atoms with E-state index in [0.29, 0.717) is 25.3 Å². The molecule has 0 aliphatic heterocycles. The predicted octanol–water partition coefficient (Wildman–Crippen LogP) is 4.65. The molecular formula is C31H38FN3O5S. The number of nitrogens with one attached hydrogen (secondary N) is 1. The molecular weight excluding hydrogens is 545 g/mol. The van der Waals surface area contributed by atoms with Gasteiger partial charge in [0.25, 0.3) is 10.0 Å². The van der Waals surface area contributed by atoms with Crippen LogP contribution in [0.3, 0.4) is 0 Å². The van der Waals surface area contributed by atoms with Crippen molar-refractivity contribution >= 4 is 27.5 Å². The second-order valence-corrected chi connectivity index (χ2v) is 11.9. The van der Waals surface area contributed by atoms with Gasteiger partial charge in [0.05, 0.1) is 17.2 Å². The topological polar surface area (TPSA) is 96.0 Å². The third-order valence-corrected chi connectivity index (χ3v) is 8.24. The molecule has 0 saturated heterocycles. The SMILES string of the molecule is CCOc1ccc(N(CC(=O)N(CCc2ccccc2)[C@@H](C)C(=O)NCC(C)C)S(=O)(=O)c2ccc(F)cc2)cc1. The van der Waals surface area contributed by atoms with Gasteiger partial charge in [-0.15, -0.1) is 0 Å². The quantitative estimate of drug-likeness (QED) is 0.298. The zero-order valence-corrected chi connectivity index (χ0v) is 24.7. The largest absolute Gasteiger partial charge is 0.494 e. The van der Waals surface area contributed by atoms with Gasteiger partial charge < -0.3 is 15.0 Å². The maximum atomic E-state index is 13.9. The van der Waals surface area contributed by atoms with Crippen molar-refractivity contribution in [2.75, 3.05) is 30.5 Å². The average molecular weight is 584 g/mol. The fraction of sp³-hybridized carbons (Fsp3) is 0.355. The minimum Gasteiger partial charge on any atom is -0.494 e. The van der Waals surface area contributed by atoms with E-state index in [-0.39, 0.29) is 29.0 Å². The highest BCUT2D eigenvalue weighted by atomic mass is 32.2. The molecule has 0 bridgehead atoms. The summed E-state index contributed by atoms with van der Waals surface area (Å²) in [7, 11) is -4.28. The molecule has 41 heavy (non-hydrogen) atoms. The van der Waals surface area contributed by atoms with Crippen molar-refractivity contribution in [2.45, 2.75) is 45.1 Å². The lowest BCUT2D eigenvalue weighted by Crippen LogP contribution is -2.52. The van der Waals surface area contributed by atoms with E-state index in [4.69, 9.17) is 4.74 Å². The summed E-state index contributed by atoms with van der Waals surface area (Å²) >= 11 is 0. The Morgan fingerprint density at radius 3 is 2.15 bits per heavy atom. The molecule has 0 aliphatic carbocycles. The minimum absolute atomic E-state index is 0.167. The van der Waals surface area contributed by atoms with E-state index in [9.17, 15) is 22.4 Å². The van der Waals surface area contributed by atoms with Crippen molar-refractivity contribution in [1.29, 1.82) is 0 Å². The fourth-order valence-corrected chi connectivity index (χ4v) is 5.57. The molecule has 2 amide bonds. The molecule has 3 rings (SSSR count). The second-order valence-electron chi connectivity index (χ2n) is 10.0. The predicted molar refractivity (Wildman–Crippen MR) is 158 cm³/mol. The van der Waals surface area contributed by atoms with Crippen LogP contribution in [0.5, 0.6) is 5.75 Å². The van der Waals surface area contributed by atoms with Gasteiger partial charge in [-0.2, -0.15) is 0 Å². The molecule has 0 heterocycles. The normalized spacial score (nSPS) is 12.0. The van der Waals surface area contributed by atoms with Gasteiger partial charge in [-0.3, -0.25) is 13.9 Å². The number of carbonyl (C=O) groups excluding carboxylic acids is 2. The lowest BCUT2D eigenvalue weighted by molar-refractivity contribution is -0.138. The molecule has 10 heteroatoms. The van der Waals surface area contributed by atoms with Crippen LogP contribution < -0.4 is 14.4 Å². The van der Waals surface area contributed by atoms with E-state index < -0.39 is 34.3 Å². The van der Waals surface area contributed by atoms with Crippen LogP contribution in [0.2, 0.25) is 0 Å². The summed E-state index contributed by atoms with van der Waals surface area (Å²) < 4.78 is 47.7. The van der Waals surface area contributed by atoms with Crippen LogP contribution >= 0.6 is 0 Å². The number of rotatable bonds is 14. The van der Waals surface area contributed by atoms with E-state index in [1.54, 1.807) is 31.2 Å². The van der Waals surface area contributed by atoms with Gasteiger partial charge in [-0.1, -0.05) is 44.2 Å². The maximum Gasteiger partial charge on any atom is 0.264 e. The lowest BCUT2D eigenvalue weighted by Gasteiger charge is -2.32. The standard InChI is InChI=1S/C31H38FN3O5S/c1-5-40-28-15-13-27(14-16-28)35(41(38,39)29-17-11-26(32)12-18-29)22-30(36)34(20-19-25-9-7-6-8-10-25)24(4)31(37)33-21-23(2)3/h6-18,23-24H,5,19-22H2,1-4H3,(H,33,37)/t24-/m0/s1. The monoisotopic (exact) mass is 583 g/mol. The van der Waals surface area contributed by atoms with Gasteiger partial charge in [-0.05, 0) is 80.3 Å². The first-order chi connectivity index (χ1) is 19.5. The highest BCUT2D eigenvalue weighted by Crippen LogP contribution is 2.26. The first-order valence-corrected chi connectivity index (χ1v) is 15.1. The number of sulfonamides is 1. The zero-order chi connectivity index (χ0) is 30.0. The summed E-state index contributed by atoms with van der Waals surface area (Å²) in [6.07, 6.45) is 0.474. The number of carbonyl (C=O) groups is 2. The molecule has 0 aromatic heterocycles. The number of halogens is 1. The first-order valence-electron chi connectivity index (χ1n) is 13.6. The Bertz CT molecular complexity index is 1380. The molecule has 0 spiro atoms. The van der Waals surface area contributed by atoms with E-state index in [1.165, 1.54) is 4.90 Å². The smallest absolute Gasteiger partial charge is 0.264 e. The maximum absolute atomic E-state index is 13.9. The summed E-state index contributed by atoms with van der Waals surface area (Å²) in [5, 5.41) is 2.87. The van der Waals surface area contributed by atoms with E-state index in [1.807, 2.05) is 51.1 Å². The summed E-state index contributed by atoms with van der Waals surface area (Å²) in [5.74, 6) is -0.694. The van der Waals surface area contributed by atoms with Crippen LogP contribution in [0, 0.1) is 11.7 Å². The van der Waals surface area contributed by atoms with E-state index >= 15 is 0 Å². The number of nitrogens with zero attached hydrogens (tertiary/aromatic N) is 2. The van der Waals surface area contributed by atoms with Gasteiger partial charge in [0.15, 0.2) is 0 Å². The average Bonchev–Trinajstić information content (AvgIpc) is 2.96. The Kier molecular flexibility index (Phi) is 11.3. The van der Waals surface area contributed by atoms with E-state index in [0.717, 1.165) is 34.1 Å². The van der Waals surface area contributed by atoms with Crippen LogP contribution in [-0.4, -0.2) is 57.4 Å².